The number of aryl methyl sites for hydroxylation is 2. The van der Waals surface area contributed by atoms with E-state index in [1.54, 1.807) is 6.92 Å². The van der Waals surface area contributed by atoms with Crippen molar-refractivity contribution >= 4 is 11.6 Å². The lowest BCUT2D eigenvalue weighted by Gasteiger charge is -2.01. The molecule has 2 rings (SSSR count). The molecule has 0 bridgehead atoms. The predicted octanol–water partition coefficient (Wildman–Crippen LogP) is 0.449. The molecule has 0 aromatic carbocycles. The summed E-state index contributed by atoms with van der Waals surface area (Å²) in [6.07, 6.45) is 0.712. The fourth-order valence-corrected chi connectivity index (χ4v) is 1.36. The standard InChI is InChI=1S/C9H10N6/c1-3-7-13-9-12-5(2)6(4-10)8(11)15(9)14-7/h3,11H2,1-2H3. The van der Waals surface area contributed by atoms with Gasteiger partial charge >= 0.3 is 0 Å². The van der Waals surface area contributed by atoms with Crippen LogP contribution in [0.25, 0.3) is 5.78 Å². The first-order valence-corrected chi connectivity index (χ1v) is 4.59. The molecule has 0 spiro atoms. The van der Waals surface area contributed by atoms with E-state index < -0.39 is 0 Å². The molecule has 0 saturated carbocycles. The smallest absolute Gasteiger partial charge is 0.254 e. The average Bonchev–Trinajstić information content (AvgIpc) is 2.61. The summed E-state index contributed by atoms with van der Waals surface area (Å²) in [5, 5.41) is 13.0. The molecule has 0 atom stereocenters. The highest BCUT2D eigenvalue weighted by Gasteiger charge is 2.12. The van der Waals surface area contributed by atoms with Crippen molar-refractivity contribution in [2.45, 2.75) is 20.3 Å². The maximum atomic E-state index is 8.89. The van der Waals surface area contributed by atoms with Gasteiger partial charge in [-0.3, -0.25) is 0 Å². The van der Waals surface area contributed by atoms with Gasteiger partial charge in [0.05, 0.1) is 5.69 Å². The molecule has 0 aliphatic heterocycles. The monoisotopic (exact) mass is 202 g/mol. The van der Waals surface area contributed by atoms with Crippen molar-refractivity contribution in [1.82, 2.24) is 19.6 Å². The second-order valence-electron chi connectivity index (χ2n) is 3.16. The number of hydrogen-bond acceptors (Lipinski definition) is 5. The lowest BCUT2D eigenvalue weighted by molar-refractivity contribution is 0.882. The van der Waals surface area contributed by atoms with Crippen LogP contribution in [0.4, 0.5) is 5.82 Å². The minimum atomic E-state index is 0.298. The van der Waals surface area contributed by atoms with E-state index in [2.05, 4.69) is 15.1 Å². The SMILES string of the molecule is CCc1nc2nc(C)c(C#N)c(N)n2n1. The summed E-state index contributed by atoms with van der Waals surface area (Å²) in [4.78, 5) is 8.34. The van der Waals surface area contributed by atoms with Crippen molar-refractivity contribution < 1.29 is 0 Å². The molecule has 0 saturated heterocycles. The summed E-state index contributed by atoms with van der Waals surface area (Å²) in [6.45, 7) is 3.68. The van der Waals surface area contributed by atoms with Crippen LogP contribution in [0.15, 0.2) is 0 Å². The first-order chi connectivity index (χ1) is 7.17. The van der Waals surface area contributed by atoms with E-state index in [-0.39, 0.29) is 0 Å². The number of nitrogens with zero attached hydrogens (tertiary/aromatic N) is 5. The van der Waals surface area contributed by atoms with Crippen molar-refractivity contribution in [3.8, 4) is 6.07 Å². The Morgan fingerprint density at radius 1 is 1.47 bits per heavy atom. The van der Waals surface area contributed by atoms with E-state index in [1.165, 1.54) is 4.52 Å². The molecule has 0 aliphatic rings. The number of nitriles is 1. The van der Waals surface area contributed by atoms with Gasteiger partial charge in [-0.25, -0.2) is 4.98 Å². The molecule has 0 amide bonds. The summed E-state index contributed by atoms with van der Waals surface area (Å²) >= 11 is 0. The molecule has 0 aliphatic carbocycles. The summed E-state index contributed by atoms with van der Waals surface area (Å²) < 4.78 is 1.41. The highest BCUT2D eigenvalue weighted by atomic mass is 15.4. The molecular weight excluding hydrogens is 192 g/mol. The number of hydrogen-bond donors (Lipinski definition) is 1. The summed E-state index contributed by atoms with van der Waals surface area (Å²) in [7, 11) is 0. The van der Waals surface area contributed by atoms with Crippen LogP contribution in [-0.2, 0) is 6.42 Å². The highest BCUT2D eigenvalue weighted by Crippen LogP contribution is 2.14. The van der Waals surface area contributed by atoms with Crippen LogP contribution in [0.2, 0.25) is 0 Å². The van der Waals surface area contributed by atoms with Gasteiger partial charge < -0.3 is 5.73 Å². The van der Waals surface area contributed by atoms with Gasteiger partial charge in [-0.05, 0) is 6.92 Å². The van der Waals surface area contributed by atoms with Gasteiger partial charge in [-0.2, -0.15) is 14.8 Å². The molecular formula is C9H10N6. The van der Waals surface area contributed by atoms with Crippen molar-refractivity contribution in [3.63, 3.8) is 0 Å². The zero-order valence-electron chi connectivity index (χ0n) is 8.52. The maximum Gasteiger partial charge on any atom is 0.254 e. The Morgan fingerprint density at radius 3 is 2.80 bits per heavy atom. The zero-order chi connectivity index (χ0) is 11.0. The first-order valence-electron chi connectivity index (χ1n) is 4.59. The second-order valence-corrected chi connectivity index (χ2v) is 3.16. The van der Waals surface area contributed by atoms with Crippen molar-refractivity contribution in [2.24, 2.45) is 0 Å². The highest BCUT2D eigenvalue weighted by molar-refractivity contribution is 5.55. The van der Waals surface area contributed by atoms with Crippen LogP contribution in [0, 0.1) is 18.3 Å². The molecule has 2 heterocycles. The van der Waals surface area contributed by atoms with E-state index in [1.807, 2.05) is 13.0 Å². The normalized spacial score (nSPS) is 10.5. The minimum Gasteiger partial charge on any atom is -0.382 e. The summed E-state index contributed by atoms with van der Waals surface area (Å²) in [5.41, 5.74) is 6.73. The maximum absolute atomic E-state index is 8.89. The molecule has 76 valence electrons. The van der Waals surface area contributed by atoms with Crippen molar-refractivity contribution in [3.05, 3.63) is 17.1 Å². The lowest BCUT2D eigenvalue weighted by atomic mass is 10.2. The summed E-state index contributed by atoms with van der Waals surface area (Å²) in [6, 6.07) is 2.01. The molecule has 2 aromatic heterocycles. The topological polar surface area (TPSA) is 92.9 Å². The fraction of sp³-hybridized carbons (Fsp3) is 0.333. The largest absolute Gasteiger partial charge is 0.382 e. The molecule has 0 unspecified atom stereocenters. The van der Waals surface area contributed by atoms with Gasteiger partial charge in [0.15, 0.2) is 5.82 Å². The first kappa shape index (κ1) is 9.40. The van der Waals surface area contributed by atoms with Crippen LogP contribution < -0.4 is 5.73 Å². The van der Waals surface area contributed by atoms with Crippen LogP contribution >= 0.6 is 0 Å². The molecule has 15 heavy (non-hydrogen) atoms. The Morgan fingerprint density at radius 2 is 2.20 bits per heavy atom. The zero-order valence-corrected chi connectivity index (χ0v) is 8.52. The van der Waals surface area contributed by atoms with E-state index in [9.17, 15) is 0 Å². The molecule has 2 aromatic rings. The Balaban J connectivity index is 2.83. The van der Waals surface area contributed by atoms with E-state index >= 15 is 0 Å². The number of aromatic nitrogens is 4. The average molecular weight is 202 g/mol. The van der Waals surface area contributed by atoms with Crippen LogP contribution in [-0.4, -0.2) is 19.6 Å². The number of nitrogens with two attached hydrogens (primary N) is 1. The Labute approximate surface area is 86.4 Å². The fourth-order valence-electron chi connectivity index (χ4n) is 1.36. The third-order valence-electron chi connectivity index (χ3n) is 2.18. The van der Waals surface area contributed by atoms with Crippen molar-refractivity contribution in [1.29, 1.82) is 5.26 Å². The Bertz CT molecular complexity index is 562. The Kier molecular flexibility index (Phi) is 2.01. The number of rotatable bonds is 1. The van der Waals surface area contributed by atoms with Gasteiger partial charge in [0.25, 0.3) is 5.78 Å². The van der Waals surface area contributed by atoms with Crippen LogP contribution in [0.5, 0.6) is 0 Å². The molecule has 0 fully saturated rings. The van der Waals surface area contributed by atoms with Gasteiger partial charge in [0.1, 0.15) is 17.5 Å². The molecule has 0 radical (unpaired) electrons. The quantitative estimate of drug-likeness (QED) is 0.724. The van der Waals surface area contributed by atoms with E-state index in [0.29, 0.717) is 35.1 Å². The Hall–Kier alpha value is -2.16. The predicted molar refractivity (Wildman–Crippen MR) is 54.0 cm³/mol. The van der Waals surface area contributed by atoms with Gasteiger partial charge in [-0.15, -0.1) is 5.10 Å². The molecule has 6 nitrogen and oxygen atoms in total. The van der Waals surface area contributed by atoms with Gasteiger partial charge in [0, 0.05) is 6.42 Å². The van der Waals surface area contributed by atoms with Gasteiger partial charge in [0.2, 0.25) is 0 Å². The summed E-state index contributed by atoms with van der Waals surface area (Å²) in [5.74, 6) is 1.41. The van der Waals surface area contributed by atoms with Crippen LogP contribution in [0.3, 0.4) is 0 Å². The third kappa shape index (κ3) is 1.29. The molecule has 6 heteroatoms. The third-order valence-corrected chi connectivity index (χ3v) is 2.18. The minimum absolute atomic E-state index is 0.298. The van der Waals surface area contributed by atoms with Gasteiger partial charge in [-0.1, -0.05) is 6.92 Å². The second kappa shape index (κ2) is 3.20. The molecule has 2 N–H and O–H groups in total. The number of anilines is 1. The van der Waals surface area contributed by atoms with E-state index in [0.717, 1.165) is 0 Å². The number of fused-ring (bicyclic) bond motifs is 1. The van der Waals surface area contributed by atoms with Crippen molar-refractivity contribution in [2.75, 3.05) is 5.73 Å². The van der Waals surface area contributed by atoms with Crippen LogP contribution in [0.1, 0.15) is 24.0 Å². The lowest BCUT2D eigenvalue weighted by Crippen LogP contribution is -2.06. The van der Waals surface area contributed by atoms with E-state index in [4.69, 9.17) is 11.0 Å². The number of nitrogen functional groups attached to an aromatic ring is 1.